The highest BCUT2D eigenvalue weighted by atomic mass is 19.1. The summed E-state index contributed by atoms with van der Waals surface area (Å²) in [5.74, 6) is -0.445. The van der Waals surface area contributed by atoms with Gasteiger partial charge in [0.05, 0.1) is 11.4 Å². The Labute approximate surface area is 123 Å². The van der Waals surface area contributed by atoms with Crippen molar-refractivity contribution in [2.75, 3.05) is 18.1 Å². The van der Waals surface area contributed by atoms with Gasteiger partial charge in [-0.25, -0.2) is 4.39 Å². The van der Waals surface area contributed by atoms with Gasteiger partial charge in [0.15, 0.2) is 0 Å². The van der Waals surface area contributed by atoms with Gasteiger partial charge < -0.3 is 16.4 Å². The maximum absolute atomic E-state index is 12.9. The standard InChI is InChI=1S/C16H18FN3O/c1-10(11-3-6-13(17)7-4-11)20-15-9-12(16(21)19-2)5-8-14(15)18/h3-10,20H,18H2,1-2H3,(H,19,21). The van der Waals surface area contributed by atoms with E-state index < -0.39 is 0 Å². The molecule has 2 rings (SSSR count). The van der Waals surface area contributed by atoms with E-state index in [1.165, 1.54) is 12.1 Å². The highest BCUT2D eigenvalue weighted by Crippen LogP contribution is 2.25. The topological polar surface area (TPSA) is 67.2 Å². The SMILES string of the molecule is CNC(=O)c1ccc(N)c(NC(C)c2ccc(F)cc2)c1. The number of nitrogen functional groups attached to an aromatic ring is 1. The summed E-state index contributed by atoms with van der Waals surface area (Å²) in [6.45, 7) is 1.94. The van der Waals surface area contributed by atoms with Gasteiger partial charge in [0.1, 0.15) is 5.82 Å². The van der Waals surface area contributed by atoms with E-state index in [1.54, 1.807) is 37.4 Å². The highest BCUT2D eigenvalue weighted by molar-refractivity contribution is 5.96. The molecule has 21 heavy (non-hydrogen) atoms. The minimum absolute atomic E-state index is 0.0622. The average molecular weight is 287 g/mol. The van der Waals surface area contributed by atoms with Gasteiger partial charge in [-0.3, -0.25) is 4.79 Å². The van der Waals surface area contributed by atoms with E-state index in [0.717, 1.165) is 5.56 Å². The van der Waals surface area contributed by atoms with Gasteiger partial charge in [-0.2, -0.15) is 0 Å². The molecular formula is C16H18FN3O. The van der Waals surface area contributed by atoms with Crippen molar-refractivity contribution in [3.63, 3.8) is 0 Å². The van der Waals surface area contributed by atoms with Crippen molar-refractivity contribution >= 4 is 17.3 Å². The number of halogens is 1. The largest absolute Gasteiger partial charge is 0.397 e. The number of amides is 1. The Bertz CT molecular complexity index is 640. The molecule has 4 nitrogen and oxygen atoms in total. The van der Waals surface area contributed by atoms with Gasteiger partial charge in [0.25, 0.3) is 5.91 Å². The summed E-state index contributed by atoms with van der Waals surface area (Å²) >= 11 is 0. The van der Waals surface area contributed by atoms with E-state index in [0.29, 0.717) is 16.9 Å². The second kappa shape index (κ2) is 6.26. The Kier molecular flexibility index (Phi) is 4.42. The van der Waals surface area contributed by atoms with Crippen molar-refractivity contribution in [2.45, 2.75) is 13.0 Å². The summed E-state index contributed by atoms with van der Waals surface area (Å²) < 4.78 is 12.9. The number of benzene rings is 2. The van der Waals surface area contributed by atoms with Crippen molar-refractivity contribution < 1.29 is 9.18 Å². The summed E-state index contributed by atoms with van der Waals surface area (Å²) in [5, 5.41) is 5.81. The number of carbonyl (C=O) groups is 1. The van der Waals surface area contributed by atoms with E-state index in [2.05, 4.69) is 10.6 Å². The van der Waals surface area contributed by atoms with Gasteiger partial charge in [-0.05, 0) is 42.8 Å². The predicted molar refractivity (Wildman–Crippen MR) is 82.7 cm³/mol. The lowest BCUT2D eigenvalue weighted by atomic mass is 10.1. The first-order valence-electron chi connectivity index (χ1n) is 6.65. The van der Waals surface area contributed by atoms with Crippen LogP contribution in [0.4, 0.5) is 15.8 Å². The van der Waals surface area contributed by atoms with Crippen LogP contribution in [-0.2, 0) is 0 Å². The van der Waals surface area contributed by atoms with Gasteiger partial charge in [0, 0.05) is 18.7 Å². The molecule has 0 bridgehead atoms. The second-order valence-corrected chi connectivity index (χ2v) is 4.80. The summed E-state index contributed by atoms with van der Waals surface area (Å²) in [7, 11) is 1.58. The van der Waals surface area contributed by atoms with Crippen LogP contribution in [0.3, 0.4) is 0 Å². The van der Waals surface area contributed by atoms with Gasteiger partial charge in [0.2, 0.25) is 0 Å². The van der Waals surface area contributed by atoms with Crippen LogP contribution >= 0.6 is 0 Å². The molecule has 1 unspecified atom stereocenters. The summed E-state index contributed by atoms with van der Waals surface area (Å²) in [5.41, 5.74) is 8.61. The molecule has 0 aromatic heterocycles. The molecule has 0 aliphatic heterocycles. The Morgan fingerprint density at radius 2 is 1.86 bits per heavy atom. The molecule has 0 spiro atoms. The van der Waals surface area contributed by atoms with Crippen LogP contribution in [0.5, 0.6) is 0 Å². The molecule has 2 aromatic carbocycles. The van der Waals surface area contributed by atoms with Crippen LogP contribution in [0.1, 0.15) is 28.9 Å². The molecule has 1 amide bonds. The first kappa shape index (κ1) is 14.8. The third-order valence-electron chi connectivity index (χ3n) is 3.28. The number of nitrogens with one attached hydrogen (secondary N) is 2. The van der Waals surface area contributed by atoms with E-state index >= 15 is 0 Å². The third kappa shape index (κ3) is 3.51. The highest BCUT2D eigenvalue weighted by Gasteiger charge is 2.10. The lowest BCUT2D eigenvalue weighted by molar-refractivity contribution is 0.0963. The second-order valence-electron chi connectivity index (χ2n) is 4.80. The molecule has 1 atom stereocenters. The normalized spacial score (nSPS) is 11.8. The Balaban J connectivity index is 2.22. The van der Waals surface area contributed by atoms with Crippen LogP contribution in [0, 0.1) is 5.82 Å². The summed E-state index contributed by atoms with van der Waals surface area (Å²) in [4.78, 5) is 11.6. The molecule has 4 N–H and O–H groups in total. The number of nitrogens with two attached hydrogens (primary N) is 1. The smallest absolute Gasteiger partial charge is 0.251 e. The van der Waals surface area contributed by atoms with Gasteiger partial charge in [-0.1, -0.05) is 12.1 Å². The number of hydrogen-bond acceptors (Lipinski definition) is 3. The molecule has 5 heteroatoms. The van der Waals surface area contributed by atoms with Gasteiger partial charge in [-0.15, -0.1) is 0 Å². The van der Waals surface area contributed by atoms with E-state index in [-0.39, 0.29) is 17.8 Å². The summed E-state index contributed by atoms with van der Waals surface area (Å²) in [6.07, 6.45) is 0. The van der Waals surface area contributed by atoms with E-state index in [1.807, 2.05) is 6.92 Å². The first-order chi connectivity index (χ1) is 10.0. The zero-order valence-electron chi connectivity index (χ0n) is 12.0. The minimum Gasteiger partial charge on any atom is -0.397 e. The monoisotopic (exact) mass is 287 g/mol. The van der Waals surface area contributed by atoms with Crippen LogP contribution < -0.4 is 16.4 Å². The quantitative estimate of drug-likeness (QED) is 0.757. The molecule has 2 aromatic rings. The maximum Gasteiger partial charge on any atom is 0.251 e. The molecule has 0 saturated carbocycles. The lowest BCUT2D eigenvalue weighted by Crippen LogP contribution is -2.18. The average Bonchev–Trinajstić information content (AvgIpc) is 2.49. The molecular weight excluding hydrogens is 269 g/mol. The maximum atomic E-state index is 12.9. The van der Waals surface area contributed by atoms with Crippen LogP contribution in [0.2, 0.25) is 0 Å². The first-order valence-corrected chi connectivity index (χ1v) is 6.65. The predicted octanol–water partition coefficient (Wildman–Crippen LogP) is 2.94. The molecule has 0 aliphatic rings. The molecule has 0 aliphatic carbocycles. The number of anilines is 2. The molecule has 0 radical (unpaired) electrons. The van der Waals surface area contributed by atoms with Gasteiger partial charge >= 0.3 is 0 Å². The molecule has 0 saturated heterocycles. The van der Waals surface area contributed by atoms with Crippen LogP contribution in [0.15, 0.2) is 42.5 Å². The Morgan fingerprint density at radius 3 is 2.48 bits per heavy atom. The number of carbonyl (C=O) groups excluding carboxylic acids is 1. The fraction of sp³-hybridized carbons (Fsp3) is 0.188. The van der Waals surface area contributed by atoms with Crippen LogP contribution in [-0.4, -0.2) is 13.0 Å². The van der Waals surface area contributed by atoms with Crippen molar-refractivity contribution in [3.05, 3.63) is 59.4 Å². The Morgan fingerprint density at radius 1 is 1.19 bits per heavy atom. The molecule has 110 valence electrons. The number of hydrogen-bond donors (Lipinski definition) is 3. The third-order valence-corrected chi connectivity index (χ3v) is 3.28. The fourth-order valence-corrected chi connectivity index (χ4v) is 2.03. The van der Waals surface area contributed by atoms with Crippen LogP contribution in [0.25, 0.3) is 0 Å². The van der Waals surface area contributed by atoms with E-state index in [9.17, 15) is 9.18 Å². The summed E-state index contributed by atoms with van der Waals surface area (Å²) in [6, 6.07) is 11.3. The zero-order chi connectivity index (χ0) is 15.4. The molecule has 0 fully saturated rings. The van der Waals surface area contributed by atoms with Crippen molar-refractivity contribution in [3.8, 4) is 0 Å². The number of rotatable bonds is 4. The van der Waals surface area contributed by atoms with Crippen molar-refractivity contribution in [1.82, 2.24) is 5.32 Å². The Hall–Kier alpha value is -2.56. The lowest BCUT2D eigenvalue weighted by Gasteiger charge is -2.18. The van der Waals surface area contributed by atoms with E-state index in [4.69, 9.17) is 5.73 Å². The zero-order valence-corrected chi connectivity index (χ0v) is 12.0. The van der Waals surface area contributed by atoms with Crippen molar-refractivity contribution in [2.24, 2.45) is 0 Å². The minimum atomic E-state index is -0.271. The van der Waals surface area contributed by atoms with Crippen molar-refractivity contribution in [1.29, 1.82) is 0 Å². The fourth-order valence-electron chi connectivity index (χ4n) is 2.03. The molecule has 0 heterocycles.